The largest absolute Gasteiger partial charge is 0.358 e. The van der Waals surface area contributed by atoms with E-state index < -0.39 is 0 Å². The van der Waals surface area contributed by atoms with Crippen molar-refractivity contribution in [2.75, 3.05) is 12.8 Å². The molecule has 0 atom stereocenters. The van der Waals surface area contributed by atoms with Crippen LogP contribution in [-0.4, -0.2) is 28.7 Å². The van der Waals surface area contributed by atoms with E-state index in [0.717, 1.165) is 15.2 Å². The van der Waals surface area contributed by atoms with Gasteiger partial charge >= 0.3 is 0 Å². The summed E-state index contributed by atoms with van der Waals surface area (Å²) in [7, 11) is 1.63. The van der Waals surface area contributed by atoms with Crippen molar-refractivity contribution >= 4 is 39.2 Å². The number of thioether (sulfide) groups is 1. The average Bonchev–Trinajstić information content (AvgIpc) is 2.74. The van der Waals surface area contributed by atoms with E-state index in [-0.39, 0.29) is 5.91 Å². The lowest BCUT2D eigenvalue weighted by Gasteiger charge is -2.00. The summed E-state index contributed by atoms with van der Waals surface area (Å²) in [6.07, 6.45) is 1.53. The maximum atomic E-state index is 11.1. The fraction of sp³-hybridized carbons (Fsp3) is 0.222. The summed E-state index contributed by atoms with van der Waals surface area (Å²) < 4.78 is 1.05. The number of amides is 1. The van der Waals surface area contributed by atoms with Crippen LogP contribution in [0.15, 0.2) is 22.8 Å². The van der Waals surface area contributed by atoms with Gasteiger partial charge in [0.25, 0.3) is 0 Å². The minimum absolute atomic E-state index is 0.00307. The van der Waals surface area contributed by atoms with Crippen LogP contribution in [0.1, 0.15) is 0 Å². The Morgan fingerprint density at radius 2 is 2.47 bits per heavy atom. The molecule has 0 aliphatic rings. The standard InChI is InChI=1S/C9H9N3OS2/c1-10-7(13)4-15-9-8-6(2-3-14-8)11-5-12-9/h2-3,5H,4H2,1H3,(H,10,13). The molecule has 0 aromatic carbocycles. The predicted molar refractivity (Wildman–Crippen MR) is 62.2 cm³/mol. The van der Waals surface area contributed by atoms with Gasteiger partial charge in [-0.25, -0.2) is 9.97 Å². The summed E-state index contributed by atoms with van der Waals surface area (Å²) in [4.78, 5) is 19.4. The number of thiophene rings is 1. The molecule has 0 spiro atoms. The first-order valence-corrected chi connectivity index (χ1v) is 6.19. The molecule has 78 valence electrons. The van der Waals surface area contributed by atoms with E-state index >= 15 is 0 Å². The summed E-state index contributed by atoms with van der Waals surface area (Å²) in [5.41, 5.74) is 0.939. The van der Waals surface area contributed by atoms with Crippen LogP contribution in [0.5, 0.6) is 0 Å². The van der Waals surface area contributed by atoms with Crippen molar-refractivity contribution in [1.29, 1.82) is 0 Å². The summed E-state index contributed by atoms with van der Waals surface area (Å²) in [6, 6.07) is 1.95. The van der Waals surface area contributed by atoms with E-state index in [9.17, 15) is 4.79 Å². The van der Waals surface area contributed by atoms with Gasteiger partial charge in [0.2, 0.25) is 5.91 Å². The molecule has 0 radical (unpaired) electrons. The maximum absolute atomic E-state index is 11.1. The molecule has 0 aliphatic heterocycles. The minimum atomic E-state index is 0.00307. The second kappa shape index (κ2) is 4.59. The third-order valence-corrected chi connectivity index (χ3v) is 3.86. The molecular formula is C9H9N3OS2. The summed E-state index contributed by atoms with van der Waals surface area (Å²) in [5, 5.41) is 5.43. The lowest BCUT2D eigenvalue weighted by atomic mass is 10.5. The number of fused-ring (bicyclic) bond motifs is 1. The van der Waals surface area contributed by atoms with Gasteiger partial charge in [-0.05, 0) is 11.4 Å². The van der Waals surface area contributed by atoms with Gasteiger partial charge < -0.3 is 5.32 Å². The van der Waals surface area contributed by atoms with Crippen LogP contribution in [0.3, 0.4) is 0 Å². The van der Waals surface area contributed by atoms with Gasteiger partial charge in [0.05, 0.1) is 16.0 Å². The monoisotopic (exact) mass is 239 g/mol. The van der Waals surface area contributed by atoms with Crippen molar-refractivity contribution in [2.45, 2.75) is 5.03 Å². The van der Waals surface area contributed by atoms with E-state index in [0.29, 0.717) is 5.75 Å². The first-order chi connectivity index (χ1) is 7.31. The second-order valence-corrected chi connectivity index (χ2v) is 4.66. The Balaban J connectivity index is 2.20. The number of rotatable bonds is 3. The predicted octanol–water partition coefficient (Wildman–Crippen LogP) is 1.53. The van der Waals surface area contributed by atoms with Crippen molar-refractivity contribution in [1.82, 2.24) is 15.3 Å². The Labute approximate surface area is 95.1 Å². The zero-order chi connectivity index (χ0) is 10.7. The molecule has 0 unspecified atom stereocenters. The lowest BCUT2D eigenvalue weighted by molar-refractivity contribution is -0.118. The number of nitrogens with zero attached hydrogens (tertiary/aromatic N) is 2. The highest BCUT2D eigenvalue weighted by Crippen LogP contribution is 2.28. The van der Waals surface area contributed by atoms with Crippen molar-refractivity contribution < 1.29 is 4.79 Å². The highest BCUT2D eigenvalue weighted by atomic mass is 32.2. The molecule has 1 N–H and O–H groups in total. The minimum Gasteiger partial charge on any atom is -0.358 e. The highest BCUT2D eigenvalue weighted by Gasteiger charge is 2.07. The highest BCUT2D eigenvalue weighted by molar-refractivity contribution is 8.00. The maximum Gasteiger partial charge on any atom is 0.230 e. The molecule has 1 amide bonds. The van der Waals surface area contributed by atoms with Crippen LogP contribution in [-0.2, 0) is 4.79 Å². The van der Waals surface area contributed by atoms with Crippen molar-refractivity contribution in [3.8, 4) is 0 Å². The third-order valence-electron chi connectivity index (χ3n) is 1.83. The summed E-state index contributed by atoms with van der Waals surface area (Å²) in [5.74, 6) is 0.392. The Hall–Kier alpha value is -1.14. The first-order valence-electron chi connectivity index (χ1n) is 4.33. The van der Waals surface area contributed by atoms with Gasteiger partial charge in [-0.2, -0.15) is 0 Å². The van der Waals surface area contributed by atoms with E-state index in [1.807, 2.05) is 11.4 Å². The smallest absolute Gasteiger partial charge is 0.230 e. The molecule has 2 aromatic heterocycles. The van der Waals surface area contributed by atoms with Crippen LogP contribution in [0.2, 0.25) is 0 Å². The van der Waals surface area contributed by atoms with E-state index in [1.54, 1.807) is 18.4 Å². The Kier molecular flexibility index (Phi) is 3.17. The number of carbonyl (C=O) groups excluding carboxylic acids is 1. The number of hydrogen-bond acceptors (Lipinski definition) is 5. The van der Waals surface area contributed by atoms with Crippen LogP contribution < -0.4 is 5.32 Å². The number of aromatic nitrogens is 2. The molecule has 6 heteroatoms. The topological polar surface area (TPSA) is 54.9 Å². The van der Waals surface area contributed by atoms with Gasteiger partial charge in [0.15, 0.2) is 0 Å². The van der Waals surface area contributed by atoms with E-state index in [2.05, 4.69) is 15.3 Å². The zero-order valence-corrected chi connectivity index (χ0v) is 9.69. The molecule has 4 nitrogen and oxygen atoms in total. The van der Waals surface area contributed by atoms with E-state index in [4.69, 9.17) is 0 Å². The van der Waals surface area contributed by atoms with Gasteiger partial charge in [-0.15, -0.1) is 11.3 Å². The molecule has 0 aliphatic carbocycles. The zero-order valence-electron chi connectivity index (χ0n) is 8.06. The molecule has 2 heterocycles. The first kappa shape index (κ1) is 10.4. The van der Waals surface area contributed by atoms with Gasteiger partial charge in [0, 0.05) is 7.05 Å². The molecule has 0 saturated heterocycles. The van der Waals surface area contributed by atoms with Gasteiger partial charge in [0.1, 0.15) is 11.4 Å². The Morgan fingerprint density at radius 1 is 1.60 bits per heavy atom. The normalized spacial score (nSPS) is 10.5. The van der Waals surface area contributed by atoms with Gasteiger partial charge in [-0.1, -0.05) is 11.8 Å². The lowest BCUT2D eigenvalue weighted by Crippen LogP contribution is -2.19. The fourth-order valence-electron chi connectivity index (χ4n) is 1.08. The second-order valence-electron chi connectivity index (χ2n) is 2.78. The summed E-state index contributed by atoms with van der Waals surface area (Å²) in [6.45, 7) is 0. The third kappa shape index (κ3) is 2.27. The SMILES string of the molecule is CNC(=O)CSc1ncnc2ccsc12. The molecular weight excluding hydrogens is 230 g/mol. The average molecular weight is 239 g/mol. The van der Waals surface area contributed by atoms with E-state index in [1.165, 1.54) is 18.1 Å². The van der Waals surface area contributed by atoms with Crippen LogP contribution in [0.4, 0.5) is 0 Å². The summed E-state index contributed by atoms with van der Waals surface area (Å²) >= 11 is 3.03. The molecule has 2 rings (SSSR count). The van der Waals surface area contributed by atoms with Crippen LogP contribution in [0, 0.1) is 0 Å². The number of nitrogens with one attached hydrogen (secondary N) is 1. The Bertz CT molecular complexity index is 483. The van der Waals surface area contributed by atoms with Gasteiger partial charge in [-0.3, -0.25) is 4.79 Å². The quantitative estimate of drug-likeness (QED) is 0.652. The van der Waals surface area contributed by atoms with Crippen molar-refractivity contribution in [3.63, 3.8) is 0 Å². The molecule has 0 fully saturated rings. The Morgan fingerprint density at radius 3 is 3.27 bits per heavy atom. The van der Waals surface area contributed by atoms with Crippen LogP contribution in [0.25, 0.3) is 10.2 Å². The molecule has 0 saturated carbocycles. The molecule has 2 aromatic rings. The number of hydrogen-bond donors (Lipinski definition) is 1. The van der Waals surface area contributed by atoms with Crippen LogP contribution >= 0.6 is 23.1 Å². The van der Waals surface area contributed by atoms with Crippen molar-refractivity contribution in [2.24, 2.45) is 0 Å². The molecule has 15 heavy (non-hydrogen) atoms. The number of carbonyl (C=O) groups is 1. The van der Waals surface area contributed by atoms with Crippen molar-refractivity contribution in [3.05, 3.63) is 17.8 Å². The molecule has 0 bridgehead atoms. The fourth-order valence-corrected chi connectivity index (χ4v) is 2.89.